The molecule has 1 aromatic rings. The predicted octanol–water partition coefficient (Wildman–Crippen LogP) is 4.34. The fraction of sp³-hybridized carbons (Fsp3) is 0.409. The first-order valence-corrected chi connectivity index (χ1v) is 8.93. The van der Waals surface area contributed by atoms with Crippen molar-refractivity contribution < 1.29 is 14.3 Å². The molecule has 1 heterocycles. The Bertz CT molecular complexity index is 783. The van der Waals surface area contributed by atoms with Crippen molar-refractivity contribution in [1.82, 2.24) is 4.90 Å². The van der Waals surface area contributed by atoms with Gasteiger partial charge in [-0.15, -0.1) is 0 Å². The van der Waals surface area contributed by atoms with Crippen LogP contribution in [0.4, 0.5) is 0 Å². The molecule has 0 N–H and O–H groups in total. The summed E-state index contributed by atoms with van der Waals surface area (Å²) in [5.74, 6) is 0.746. The second-order valence-corrected chi connectivity index (χ2v) is 7.83. The fourth-order valence-electron chi connectivity index (χ4n) is 3.48. The van der Waals surface area contributed by atoms with Crippen LogP contribution in [0.3, 0.4) is 0 Å². The van der Waals surface area contributed by atoms with Crippen LogP contribution in [0.5, 0.6) is 5.75 Å². The summed E-state index contributed by atoms with van der Waals surface area (Å²) in [7, 11) is 3.01. The van der Waals surface area contributed by atoms with Crippen LogP contribution in [0.25, 0.3) is 0 Å². The SMILES string of the molecule is COC(=O)c1ccc(CN2C=CC3C=C(C(C)(C)C)C=CC32)c(OC)c1. The van der Waals surface area contributed by atoms with Gasteiger partial charge in [0.2, 0.25) is 0 Å². The molecule has 0 aromatic heterocycles. The van der Waals surface area contributed by atoms with E-state index < -0.39 is 0 Å². The summed E-state index contributed by atoms with van der Waals surface area (Å²) in [4.78, 5) is 14.0. The Balaban J connectivity index is 1.78. The number of esters is 1. The first-order chi connectivity index (χ1) is 12.3. The lowest BCUT2D eigenvalue weighted by Gasteiger charge is -2.32. The number of hydrogen-bond donors (Lipinski definition) is 0. The van der Waals surface area contributed by atoms with Crippen molar-refractivity contribution in [2.45, 2.75) is 33.4 Å². The van der Waals surface area contributed by atoms with Gasteiger partial charge in [0, 0.05) is 18.0 Å². The molecule has 4 heteroatoms. The number of benzene rings is 1. The zero-order valence-corrected chi connectivity index (χ0v) is 16.2. The molecule has 0 amide bonds. The Kier molecular flexibility index (Phi) is 4.94. The largest absolute Gasteiger partial charge is 0.496 e. The van der Waals surface area contributed by atoms with Gasteiger partial charge in [-0.1, -0.05) is 51.1 Å². The van der Waals surface area contributed by atoms with Crippen LogP contribution in [-0.2, 0) is 11.3 Å². The van der Waals surface area contributed by atoms with Crippen molar-refractivity contribution in [1.29, 1.82) is 0 Å². The lowest BCUT2D eigenvalue weighted by atomic mass is 9.80. The van der Waals surface area contributed by atoms with Crippen LogP contribution in [0, 0.1) is 11.3 Å². The summed E-state index contributed by atoms with van der Waals surface area (Å²) in [6.07, 6.45) is 11.3. The Morgan fingerprint density at radius 2 is 1.96 bits per heavy atom. The van der Waals surface area contributed by atoms with Gasteiger partial charge in [-0.25, -0.2) is 4.79 Å². The average molecular weight is 353 g/mol. The normalized spacial score (nSPS) is 21.4. The predicted molar refractivity (Wildman–Crippen MR) is 103 cm³/mol. The molecule has 26 heavy (non-hydrogen) atoms. The zero-order valence-electron chi connectivity index (χ0n) is 16.2. The second-order valence-electron chi connectivity index (χ2n) is 7.83. The monoisotopic (exact) mass is 353 g/mol. The lowest BCUT2D eigenvalue weighted by molar-refractivity contribution is 0.0600. The highest BCUT2D eigenvalue weighted by atomic mass is 16.5. The van der Waals surface area contributed by atoms with Gasteiger partial charge in [-0.3, -0.25) is 0 Å². The lowest BCUT2D eigenvalue weighted by Crippen LogP contribution is -2.31. The van der Waals surface area contributed by atoms with Crippen LogP contribution in [0.1, 0.15) is 36.7 Å². The molecule has 3 rings (SSSR count). The molecule has 0 saturated carbocycles. The van der Waals surface area contributed by atoms with Crippen LogP contribution in [-0.4, -0.2) is 31.1 Å². The number of nitrogens with zero attached hydrogens (tertiary/aromatic N) is 1. The van der Waals surface area contributed by atoms with Crippen LogP contribution in [0.15, 0.2) is 54.3 Å². The number of ether oxygens (including phenoxy) is 2. The summed E-state index contributed by atoms with van der Waals surface area (Å²) in [6.45, 7) is 7.46. The van der Waals surface area contributed by atoms with Gasteiger partial charge in [0.05, 0.1) is 25.8 Å². The smallest absolute Gasteiger partial charge is 0.337 e. The van der Waals surface area contributed by atoms with Gasteiger partial charge < -0.3 is 14.4 Å². The maximum absolute atomic E-state index is 11.7. The van der Waals surface area contributed by atoms with Crippen molar-refractivity contribution >= 4 is 5.97 Å². The van der Waals surface area contributed by atoms with E-state index >= 15 is 0 Å². The zero-order chi connectivity index (χ0) is 18.9. The van der Waals surface area contributed by atoms with Gasteiger partial charge >= 0.3 is 5.97 Å². The molecule has 1 aliphatic heterocycles. The van der Waals surface area contributed by atoms with E-state index in [9.17, 15) is 4.79 Å². The van der Waals surface area contributed by atoms with Crippen LogP contribution >= 0.6 is 0 Å². The molecule has 1 aromatic carbocycles. The Morgan fingerprint density at radius 1 is 1.19 bits per heavy atom. The molecule has 1 aliphatic carbocycles. The standard InChI is InChI=1S/C22H27NO3/c1-22(2,3)18-8-9-19-15(12-18)10-11-23(19)14-17-7-6-16(21(24)26-5)13-20(17)25-4/h6-13,15,19H,14H2,1-5H3. The highest BCUT2D eigenvalue weighted by molar-refractivity contribution is 5.89. The molecular weight excluding hydrogens is 326 g/mol. The van der Waals surface area contributed by atoms with E-state index in [-0.39, 0.29) is 11.4 Å². The van der Waals surface area contributed by atoms with Gasteiger partial charge in [0.1, 0.15) is 5.75 Å². The summed E-state index contributed by atoms with van der Waals surface area (Å²) in [5.41, 5.74) is 3.09. The van der Waals surface area contributed by atoms with Crippen LogP contribution in [0.2, 0.25) is 0 Å². The van der Waals surface area contributed by atoms with Gasteiger partial charge in [-0.05, 0) is 29.3 Å². The van der Waals surface area contributed by atoms with Crippen molar-refractivity contribution in [3.05, 3.63) is 65.4 Å². The third-order valence-corrected chi connectivity index (χ3v) is 5.05. The van der Waals surface area contributed by atoms with Crippen molar-refractivity contribution in [3.8, 4) is 5.75 Å². The molecule has 138 valence electrons. The molecule has 2 aliphatic rings. The Morgan fingerprint density at radius 3 is 2.62 bits per heavy atom. The first-order valence-electron chi connectivity index (χ1n) is 8.93. The molecule has 0 fully saturated rings. The Labute approximate surface area is 155 Å². The maximum atomic E-state index is 11.7. The third-order valence-electron chi connectivity index (χ3n) is 5.05. The Hall–Kier alpha value is -2.49. The molecule has 2 atom stereocenters. The topological polar surface area (TPSA) is 38.8 Å². The average Bonchev–Trinajstić information content (AvgIpc) is 3.03. The summed E-state index contributed by atoms with van der Waals surface area (Å²) >= 11 is 0. The molecule has 4 nitrogen and oxygen atoms in total. The minimum atomic E-state index is -0.356. The van der Waals surface area contributed by atoms with E-state index in [0.717, 1.165) is 12.1 Å². The second kappa shape index (κ2) is 7.02. The minimum absolute atomic E-state index is 0.162. The number of allylic oxidation sites excluding steroid dienone is 2. The van der Waals surface area contributed by atoms with E-state index in [1.807, 2.05) is 6.07 Å². The fourth-order valence-corrected chi connectivity index (χ4v) is 3.48. The number of fused-ring (bicyclic) bond motifs is 1. The number of rotatable bonds is 4. The third kappa shape index (κ3) is 3.55. The molecular formula is C22H27NO3. The molecule has 2 unspecified atom stereocenters. The van der Waals surface area contributed by atoms with E-state index in [4.69, 9.17) is 9.47 Å². The summed E-state index contributed by atoms with van der Waals surface area (Å²) < 4.78 is 10.3. The van der Waals surface area contributed by atoms with Crippen molar-refractivity contribution in [3.63, 3.8) is 0 Å². The van der Waals surface area contributed by atoms with E-state index in [1.165, 1.54) is 12.7 Å². The van der Waals surface area contributed by atoms with E-state index in [0.29, 0.717) is 23.3 Å². The summed E-state index contributed by atoms with van der Waals surface area (Å²) in [6, 6.07) is 5.79. The van der Waals surface area contributed by atoms with Gasteiger partial charge in [-0.2, -0.15) is 0 Å². The summed E-state index contributed by atoms with van der Waals surface area (Å²) in [5, 5.41) is 0. The van der Waals surface area contributed by atoms with Gasteiger partial charge in [0.15, 0.2) is 0 Å². The molecule has 0 saturated heterocycles. The molecule has 0 spiro atoms. The van der Waals surface area contributed by atoms with Crippen LogP contribution < -0.4 is 4.74 Å². The highest BCUT2D eigenvalue weighted by Crippen LogP contribution is 2.37. The molecule has 0 radical (unpaired) electrons. The minimum Gasteiger partial charge on any atom is -0.496 e. The number of hydrogen-bond acceptors (Lipinski definition) is 4. The maximum Gasteiger partial charge on any atom is 0.337 e. The van der Waals surface area contributed by atoms with Crippen molar-refractivity contribution in [2.75, 3.05) is 14.2 Å². The van der Waals surface area contributed by atoms with E-state index in [2.05, 4.69) is 56.2 Å². The highest BCUT2D eigenvalue weighted by Gasteiger charge is 2.30. The number of carbonyl (C=O) groups is 1. The first kappa shape index (κ1) is 18.3. The number of methoxy groups -OCH3 is 2. The molecule has 0 bridgehead atoms. The van der Waals surface area contributed by atoms with E-state index in [1.54, 1.807) is 19.2 Å². The van der Waals surface area contributed by atoms with Crippen molar-refractivity contribution in [2.24, 2.45) is 11.3 Å². The quantitative estimate of drug-likeness (QED) is 0.755. The number of carbonyl (C=O) groups excluding carboxylic acids is 1. The van der Waals surface area contributed by atoms with Gasteiger partial charge in [0.25, 0.3) is 0 Å².